The molecule has 12 nitrogen and oxygen atoms in total. The lowest BCUT2D eigenvalue weighted by atomic mass is 9.99. The molecule has 0 aliphatic rings. The van der Waals surface area contributed by atoms with Gasteiger partial charge in [0, 0.05) is 12.3 Å². The maximum Gasteiger partial charge on any atom is 0.326 e. The number of nitrogens with one attached hydrogen (secondary N) is 3. The van der Waals surface area contributed by atoms with E-state index in [1.807, 2.05) is 13.8 Å². The monoisotopic (exact) mass is 489 g/mol. The Labute approximate surface area is 200 Å². The summed E-state index contributed by atoms with van der Waals surface area (Å²) in [5.74, 6) is -3.20. The first-order valence-electron chi connectivity index (χ1n) is 10.9. The van der Waals surface area contributed by atoms with Crippen LogP contribution in [0.25, 0.3) is 0 Å². The molecule has 0 heterocycles. The minimum atomic E-state index is -1.21. The highest BCUT2D eigenvalue weighted by molar-refractivity contribution is 7.80. The number of hydrogen-bond donors (Lipinski definition) is 8. The van der Waals surface area contributed by atoms with E-state index in [1.54, 1.807) is 13.8 Å². The fraction of sp³-hybridized carbons (Fsp3) is 0.750. The van der Waals surface area contributed by atoms with Crippen molar-refractivity contribution in [1.29, 1.82) is 0 Å². The molecule has 190 valence electrons. The molecular weight excluding hydrogens is 450 g/mol. The van der Waals surface area contributed by atoms with Crippen molar-refractivity contribution in [2.45, 2.75) is 71.1 Å². The van der Waals surface area contributed by atoms with Crippen LogP contribution < -0.4 is 33.2 Å². The Balaban J connectivity index is 5.35. The molecule has 0 fully saturated rings. The average Bonchev–Trinajstić information content (AvgIpc) is 2.71. The highest BCUT2D eigenvalue weighted by atomic mass is 32.1. The van der Waals surface area contributed by atoms with Crippen LogP contribution in [-0.2, 0) is 19.2 Å². The first-order chi connectivity index (χ1) is 15.3. The molecule has 33 heavy (non-hydrogen) atoms. The zero-order valence-electron chi connectivity index (χ0n) is 19.7. The van der Waals surface area contributed by atoms with Crippen molar-refractivity contribution in [2.24, 2.45) is 34.0 Å². The normalized spacial score (nSPS) is 14.7. The molecular formula is C20H39N7O5S. The van der Waals surface area contributed by atoms with Crippen LogP contribution in [0.3, 0.4) is 0 Å². The standard InChI is InChI=1S/C20H39N7O5S/c1-10(2)8-14(17(29)25-13(19(31)32)6-5-7-24-20(22)23)26-18(30)15(11(3)4)27-16(28)12(21)9-33/h10-15,33H,5-9,21H2,1-4H3,(H,25,29)(H,26,30)(H,27,28)(H,31,32)(H4,22,23,24). The summed E-state index contributed by atoms with van der Waals surface area (Å²) in [7, 11) is 0. The predicted octanol–water partition coefficient (Wildman–Crippen LogP) is -1.46. The van der Waals surface area contributed by atoms with Gasteiger partial charge in [-0.2, -0.15) is 12.6 Å². The summed E-state index contributed by atoms with van der Waals surface area (Å²) in [5, 5.41) is 17.2. The van der Waals surface area contributed by atoms with Crippen LogP contribution in [0.2, 0.25) is 0 Å². The molecule has 0 spiro atoms. The zero-order valence-corrected chi connectivity index (χ0v) is 20.6. The Morgan fingerprint density at radius 3 is 1.97 bits per heavy atom. The smallest absolute Gasteiger partial charge is 0.326 e. The lowest BCUT2D eigenvalue weighted by Gasteiger charge is -2.27. The van der Waals surface area contributed by atoms with Gasteiger partial charge < -0.3 is 38.3 Å². The number of nitrogens with two attached hydrogens (primary N) is 3. The topological polar surface area (TPSA) is 215 Å². The van der Waals surface area contributed by atoms with E-state index >= 15 is 0 Å². The Kier molecular flexibility index (Phi) is 14.1. The molecule has 13 heteroatoms. The second-order valence-electron chi connectivity index (χ2n) is 8.56. The first kappa shape index (κ1) is 30.5. The highest BCUT2D eigenvalue weighted by Crippen LogP contribution is 2.09. The summed E-state index contributed by atoms with van der Waals surface area (Å²) in [6.07, 6.45) is 0.711. The van der Waals surface area contributed by atoms with Crippen LogP contribution in [0, 0.1) is 11.8 Å². The second kappa shape index (κ2) is 15.3. The molecule has 0 bridgehead atoms. The summed E-state index contributed by atoms with van der Waals surface area (Å²) < 4.78 is 0. The van der Waals surface area contributed by atoms with Gasteiger partial charge in [-0.1, -0.05) is 27.7 Å². The Hall–Kier alpha value is -2.54. The summed E-state index contributed by atoms with van der Waals surface area (Å²) in [4.78, 5) is 53.3. The number of nitrogens with zero attached hydrogens (tertiary/aromatic N) is 1. The number of carbonyl (C=O) groups excluding carboxylic acids is 3. The number of amides is 3. The number of carboxylic acids is 1. The van der Waals surface area contributed by atoms with Crippen molar-refractivity contribution in [3.8, 4) is 0 Å². The molecule has 4 unspecified atom stereocenters. The lowest BCUT2D eigenvalue weighted by molar-refractivity contribution is -0.142. The number of guanidine groups is 1. The average molecular weight is 490 g/mol. The van der Waals surface area contributed by atoms with Gasteiger partial charge in [0.25, 0.3) is 0 Å². The summed E-state index contributed by atoms with van der Waals surface area (Å²) in [5.41, 5.74) is 16.2. The third-order valence-corrected chi connectivity index (χ3v) is 5.07. The van der Waals surface area contributed by atoms with E-state index in [-0.39, 0.29) is 42.9 Å². The molecule has 0 saturated heterocycles. The van der Waals surface area contributed by atoms with Crippen LogP contribution in [-0.4, -0.2) is 71.2 Å². The highest BCUT2D eigenvalue weighted by Gasteiger charge is 2.31. The van der Waals surface area contributed by atoms with Gasteiger partial charge in [-0.15, -0.1) is 0 Å². The molecule has 0 aliphatic heterocycles. The lowest BCUT2D eigenvalue weighted by Crippen LogP contribution is -2.58. The molecule has 0 radical (unpaired) electrons. The van der Waals surface area contributed by atoms with Crippen LogP contribution in [0.15, 0.2) is 4.99 Å². The predicted molar refractivity (Wildman–Crippen MR) is 129 cm³/mol. The van der Waals surface area contributed by atoms with Crippen molar-refractivity contribution >= 4 is 42.3 Å². The first-order valence-corrected chi connectivity index (χ1v) is 11.5. The van der Waals surface area contributed by atoms with E-state index in [9.17, 15) is 24.3 Å². The van der Waals surface area contributed by atoms with Crippen LogP contribution in [0.4, 0.5) is 0 Å². The fourth-order valence-electron chi connectivity index (χ4n) is 2.88. The minimum Gasteiger partial charge on any atom is -0.480 e. The van der Waals surface area contributed by atoms with Crippen LogP contribution in [0.5, 0.6) is 0 Å². The van der Waals surface area contributed by atoms with E-state index in [0.717, 1.165) is 0 Å². The molecule has 0 aromatic heterocycles. The molecule has 10 N–H and O–H groups in total. The van der Waals surface area contributed by atoms with Crippen LogP contribution in [0.1, 0.15) is 47.0 Å². The second-order valence-corrected chi connectivity index (χ2v) is 8.92. The number of hydrogen-bond acceptors (Lipinski definition) is 7. The Morgan fingerprint density at radius 2 is 1.52 bits per heavy atom. The zero-order chi connectivity index (χ0) is 25.7. The van der Waals surface area contributed by atoms with E-state index in [1.165, 1.54) is 0 Å². The molecule has 0 saturated carbocycles. The van der Waals surface area contributed by atoms with E-state index in [2.05, 4.69) is 33.6 Å². The molecule has 4 atom stereocenters. The minimum absolute atomic E-state index is 0.0240. The third kappa shape index (κ3) is 12.3. The van der Waals surface area contributed by atoms with Crippen molar-refractivity contribution in [1.82, 2.24) is 16.0 Å². The third-order valence-electron chi connectivity index (χ3n) is 4.68. The van der Waals surface area contributed by atoms with Gasteiger partial charge in [-0.25, -0.2) is 4.79 Å². The van der Waals surface area contributed by atoms with Gasteiger partial charge in [0.2, 0.25) is 17.7 Å². The van der Waals surface area contributed by atoms with Gasteiger partial charge in [-0.05, 0) is 31.1 Å². The summed E-state index contributed by atoms with van der Waals surface area (Å²) in [6.45, 7) is 7.43. The summed E-state index contributed by atoms with van der Waals surface area (Å²) >= 11 is 3.98. The van der Waals surface area contributed by atoms with Crippen molar-refractivity contribution in [2.75, 3.05) is 12.3 Å². The van der Waals surface area contributed by atoms with Gasteiger partial charge in [0.05, 0.1) is 6.04 Å². The van der Waals surface area contributed by atoms with Gasteiger partial charge in [0.1, 0.15) is 18.1 Å². The number of aliphatic imine (C=N–C) groups is 1. The maximum atomic E-state index is 12.9. The van der Waals surface area contributed by atoms with Crippen LogP contribution >= 0.6 is 12.6 Å². The van der Waals surface area contributed by atoms with E-state index < -0.39 is 47.9 Å². The van der Waals surface area contributed by atoms with Crippen molar-refractivity contribution < 1.29 is 24.3 Å². The van der Waals surface area contributed by atoms with E-state index in [0.29, 0.717) is 6.42 Å². The van der Waals surface area contributed by atoms with Gasteiger partial charge >= 0.3 is 5.97 Å². The number of aliphatic carboxylic acids is 1. The Bertz CT molecular complexity index is 698. The molecule has 0 rings (SSSR count). The largest absolute Gasteiger partial charge is 0.480 e. The molecule has 0 aromatic carbocycles. The van der Waals surface area contributed by atoms with E-state index in [4.69, 9.17) is 17.2 Å². The van der Waals surface area contributed by atoms with Crippen molar-refractivity contribution in [3.05, 3.63) is 0 Å². The number of rotatable bonds is 15. The Morgan fingerprint density at radius 1 is 0.939 bits per heavy atom. The molecule has 0 aliphatic carbocycles. The number of thiol groups is 1. The quantitative estimate of drug-likeness (QED) is 0.0587. The van der Waals surface area contributed by atoms with Gasteiger partial charge in [-0.3, -0.25) is 19.4 Å². The number of carbonyl (C=O) groups is 4. The summed E-state index contributed by atoms with van der Waals surface area (Å²) in [6, 6.07) is -3.98. The molecule has 3 amide bonds. The van der Waals surface area contributed by atoms with Crippen molar-refractivity contribution in [3.63, 3.8) is 0 Å². The van der Waals surface area contributed by atoms with Gasteiger partial charge in [0.15, 0.2) is 5.96 Å². The fourth-order valence-corrected chi connectivity index (χ4v) is 3.04. The molecule has 0 aromatic rings. The number of carboxylic acid groups (broad SMARTS) is 1. The maximum absolute atomic E-state index is 12.9. The SMILES string of the molecule is CC(C)CC(NC(=O)C(NC(=O)C(N)CS)C(C)C)C(=O)NC(CCCN=C(N)N)C(=O)O.